The fraction of sp³-hybridized carbons (Fsp3) is 0.435. The van der Waals surface area contributed by atoms with Gasteiger partial charge in [-0.2, -0.15) is 0 Å². The number of carboxylic acid groups (broad SMARTS) is 1. The van der Waals surface area contributed by atoms with E-state index in [1.54, 1.807) is 6.07 Å². The molecule has 0 spiro atoms. The van der Waals surface area contributed by atoms with E-state index in [2.05, 4.69) is 11.8 Å². The molecular weight excluding hydrogens is 428 g/mol. The molecule has 30 heavy (non-hydrogen) atoms. The quantitative estimate of drug-likeness (QED) is 0.622. The fourth-order valence-electron chi connectivity index (χ4n) is 4.16. The van der Waals surface area contributed by atoms with Crippen molar-refractivity contribution < 1.29 is 19.0 Å². The van der Waals surface area contributed by atoms with Crippen molar-refractivity contribution in [2.45, 2.75) is 50.7 Å². The van der Waals surface area contributed by atoms with Crippen LogP contribution in [0.25, 0.3) is 0 Å². The Morgan fingerprint density at radius 1 is 1.17 bits per heavy atom. The van der Waals surface area contributed by atoms with Gasteiger partial charge in [-0.15, -0.1) is 0 Å². The van der Waals surface area contributed by atoms with Crippen molar-refractivity contribution in [1.82, 2.24) is 4.90 Å². The summed E-state index contributed by atoms with van der Waals surface area (Å²) in [6.07, 6.45) is 3.60. The minimum absolute atomic E-state index is 0.104. The second-order valence-corrected chi connectivity index (χ2v) is 9.06. The van der Waals surface area contributed by atoms with E-state index in [0.29, 0.717) is 22.3 Å². The summed E-state index contributed by atoms with van der Waals surface area (Å²) >= 11 is 12.3. The number of hydrogen-bond acceptors (Lipinski definition) is 4. The molecule has 4 rings (SSSR count). The number of rotatable bonds is 6. The summed E-state index contributed by atoms with van der Waals surface area (Å²) in [5.74, 6) is -1.64. The van der Waals surface area contributed by atoms with Gasteiger partial charge in [0.1, 0.15) is 17.7 Å². The topological polar surface area (TPSA) is 52.6 Å². The molecule has 1 aliphatic carbocycles. The summed E-state index contributed by atoms with van der Waals surface area (Å²) < 4.78 is 20.5. The van der Waals surface area contributed by atoms with Crippen LogP contribution in [0.3, 0.4) is 0 Å². The van der Waals surface area contributed by atoms with Crippen LogP contribution in [0.1, 0.15) is 66.1 Å². The monoisotopic (exact) mass is 450 g/mol. The number of carboxylic acids is 1. The van der Waals surface area contributed by atoms with Crippen molar-refractivity contribution in [2.75, 3.05) is 13.1 Å². The number of hydrogen-bond donors (Lipinski definition) is 0. The first-order chi connectivity index (χ1) is 14.3. The summed E-state index contributed by atoms with van der Waals surface area (Å²) in [7, 11) is 0. The molecule has 0 N–H and O–H groups in total. The number of likely N-dealkylation sites (tertiary alicyclic amines) is 1. The van der Waals surface area contributed by atoms with E-state index < -0.39 is 17.3 Å². The van der Waals surface area contributed by atoms with Gasteiger partial charge in [0.25, 0.3) is 0 Å². The first-order valence-corrected chi connectivity index (χ1v) is 11.0. The highest BCUT2D eigenvalue weighted by Gasteiger charge is 2.31. The molecule has 0 amide bonds. The van der Waals surface area contributed by atoms with E-state index in [-0.39, 0.29) is 18.1 Å². The van der Waals surface area contributed by atoms with Gasteiger partial charge >= 0.3 is 0 Å². The molecule has 160 valence electrons. The van der Waals surface area contributed by atoms with Gasteiger partial charge in [0, 0.05) is 34.3 Å². The number of carbonyl (C=O) groups is 1. The van der Waals surface area contributed by atoms with Crippen molar-refractivity contribution in [3.8, 4) is 5.75 Å². The smallest absolute Gasteiger partial charge is 0.135 e. The Morgan fingerprint density at radius 2 is 1.87 bits per heavy atom. The zero-order chi connectivity index (χ0) is 21.4. The lowest BCUT2D eigenvalue weighted by molar-refractivity contribution is -0.255. The lowest BCUT2D eigenvalue weighted by Crippen LogP contribution is -2.42. The zero-order valence-corrected chi connectivity index (χ0v) is 18.2. The van der Waals surface area contributed by atoms with Gasteiger partial charge in [-0.25, -0.2) is 4.39 Å². The Morgan fingerprint density at radius 3 is 2.50 bits per heavy atom. The van der Waals surface area contributed by atoms with Crippen LogP contribution in [-0.2, 0) is 0 Å². The van der Waals surface area contributed by atoms with Gasteiger partial charge < -0.3 is 14.6 Å². The van der Waals surface area contributed by atoms with Crippen molar-refractivity contribution >= 4 is 29.2 Å². The second-order valence-electron chi connectivity index (χ2n) is 8.19. The first kappa shape index (κ1) is 21.4. The standard InChI is InChI=1S/C23H24Cl2FNO3/c1-13(15-7-16(24)9-17(25)8-15)27-6-2-3-18(12-27)30-22-11-21(26)20(23(28)29)10-19(22)14-4-5-14/h7-11,13-14,18H,2-6,12H2,1H3,(H,28,29)/p-1/t13-,18-/m1/s1. The third kappa shape index (κ3) is 4.74. The Labute approximate surface area is 185 Å². The third-order valence-corrected chi connectivity index (χ3v) is 6.39. The molecule has 0 aromatic heterocycles. The molecule has 0 unspecified atom stereocenters. The minimum Gasteiger partial charge on any atom is -0.545 e. The van der Waals surface area contributed by atoms with Gasteiger partial charge in [-0.3, -0.25) is 4.90 Å². The predicted molar refractivity (Wildman–Crippen MR) is 113 cm³/mol. The van der Waals surface area contributed by atoms with Crippen LogP contribution in [0.5, 0.6) is 5.75 Å². The summed E-state index contributed by atoms with van der Waals surface area (Å²) in [6, 6.07) is 8.25. The van der Waals surface area contributed by atoms with Crippen LogP contribution in [0.4, 0.5) is 4.39 Å². The maximum atomic E-state index is 14.3. The van der Waals surface area contributed by atoms with Crippen molar-refractivity contribution in [3.63, 3.8) is 0 Å². The van der Waals surface area contributed by atoms with Crippen molar-refractivity contribution in [1.29, 1.82) is 0 Å². The highest BCUT2D eigenvalue weighted by molar-refractivity contribution is 6.34. The molecule has 4 nitrogen and oxygen atoms in total. The average molecular weight is 451 g/mol. The maximum absolute atomic E-state index is 14.3. The summed E-state index contributed by atoms with van der Waals surface area (Å²) in [4.78, 5) is 13.5. The molecule has 2 fully saturated rings. The van der Waals surface area contributed by atoms with E-state index in [1.165, 1.54) is 12.1 Å². The van der Waals surface area contributed by atoms with E-state index >= 15 is 0 Å². The molecule has 0 bridgehead atoms. The van der Waals surface area contributed by atoms with Crippen LogP contribution in [0.15, 0.2) is 30.3 Å². The van der Waals surface area contributed by atoms with Gasteiger partial charge in [-0.1, -0.05) is 23.2 Å². The Kier molecular flexibility index (Phi) is 6.24. The maximum Gasteiger partial charge on any atom is 0.135 e. The number of nitrogens with zero attached hydrogens (tertiary/aromatic N) is 1. The summed E-state index contributed by atoms with van der Waals surface area (Å²) in [5.41, 5.74) is 1.40. The van der Waals surface area contributed by atoms with Gasteiger partial charge in [0.15, 0.2) is 0 Å². The molecule has 7 heteroatoms. The number of carbonyl (C=O) groups excluding carboxylic acids is 1. The molecule has 1 saturated carbocycles. The average Bonchev–Trinajstić information content (AvgIpc) is 3.52. The molecule has 1 saturated heterocycles. The number of piperidine rings is 1. The SMILES string of the molecule is C[C@H](c1cc(Cl)cc(Cl)c1)N1CCC[C@@H](Oc2cc(F)c(C(=O)[O-])cc2C2CC2)C1. The van der Waals surface area contributed by atoms with Crippen LogP contribution < -0.4 is 9.84 Å². The predicted octanol–water partition coefficient (Wildman–Crippen LogP) is 4.98. The number of ether oxygens (including phenoxy) is 1. The fourth-order valence-corrected chi connectivity index (χ4v) is 4.71. The van der Waals surface area contributed by atoms with Crippen LogP contribution in [0, 0.1) is 5.82 Å². The normalized spacial score (nSPS) is 20.7. The van der Waals surface area contributed by atoms with E-state index in [9.17, 15) is 14.3 Å². The molecule has 0 radical (unpaired) electrons. The van der Waals surface area contributed by atoms with Gasteiger partial charge in [0.05, 0.1) is 5.97 Å². The van der Waals surface area contributed by atoms with Crippen molar-refractivity contribution in [3.05, 3.63) is 62.9 Å². The van der Waals surface area contributed by atoms with Crippen molar-refractivity contribution in [2.24, 2.45) is 0 Å². The third-order valence-electron chi connectivity index (χ3n) is 5.95. The number of benzene rings is 2. The summed E-state index contributed by atoms with van der Waals surface area (Å²) in [5, 5.41) is 12.4. The number of aromatic carboxylic acids is 1. The molecule has 1 heterocycles. The van der Waals surface area contributed by atoms with Crippen LogP contribution in [-0.4, -0.2) is 30.1 Å². The molecule has 2 aromatic carbocycles. The van der Waals surface area contributed by atoms with E-state index in [1.807, 2.05) is 12.1 Å². The molecule has 2 aliphatic rings. The Balaban J connectivity index is 1.52. The van der Waals surface area contributed by atoms with Gasteiger partial charge in [0.2, 0.25) is 0 Å². The molecule has 2 aromatic rings. The molecular formula is C23H23Cl2FNO3-. The van der Waals surface area contributed by atoms with Crippen LogP contribution >= 0.6 is 23.2 Å². The highest BCUT2D eigenvalue weighted by atomic mass is 35.5. The second kappa shape index (κ2) is 8.74. The summed E-state index contributed by atoms with van der Waals surface area (Å²) in [6.45, 7) is 3.70. The highest BCUT2D eigenvalue weighted by Crippen LogP contribution is 2.45. The zero-order valence-electron chi connectivity index (χ0n) is 16.7. The largest absolute Gasteiger partial charge is 0.545 e. The van der Waals surface area contributed by atoms with Gasteiger partial charge in [-0.05, 0) is 80.5 Å². The Bertz CT molecular complexity index is 943. The van der Waals surface area contributed by atoms with Crippen LogP contribution in [0.2, 0.25) is 10.0 Å². The molecule has 1 aliphatic heterocycles. The first-order valence-electron chi connectivity index (χ1n) is 10.2. The molecule has 2 atom stereocenters. The van der Waals surface area contributed by atoms with E-state index in [0.717, 1.165) is 43.4 Å². The lowest BCUT2D eigenvalue weighted by Gasteiger charge is -2.37. The Hall–Kier alpha value is -1.82. The lowest BCUT2D eigenvalue weighted by atomic mass is 10.0. The number of halogens is 3. The van der Waals surface area contributed by atoms with E-state index in [4.69, 9.17) is 27.9 Å². The minimum atomic E-state index is -1.50.